The predicted octanol–water partition coefficient (Wildman–Crippen LogP) is 3.42. The molecule has 0 heterocycles. The molecule has 3 nitrogen and oxygen atoms in total. The lowest BCUT2D eigenvalue weighted by atomic mass is 9.70. The number of benzene rings is 1. The Kier molecular flexibility index (Phi) is 4.75. The van der Waals surface area contributed by atoms with E-state index in [2.05, 4.69) is 6.92 Å². The van der Waals surface area contributed by atoms with Crippen molar-refractivity contribution < 1.29 is 9.53 Å². The maximum absolute atomic E-state index is 12.5. The number of hydrogen-bond donors (Lipinski definition) is 1. The van der Waals surface area contributed by atoms with Gasteiger partial charge in [-0.15, -0.1) is 0 Å². The van der Waals surface area contributed by atoms with Gasteiger partial charge >= 0.3 is 0 Å². The lowest BCUT2D eigenvalue weighted by Gasteiger charge is -2.37. The molecule has 19 heavy (non-hydrogen) atoms. The van der Waals surface area contributed by atoms with E-state index in [4.69, 9.17) is 10.5 Å². The van der Waals surface area contributed by atoms with Crippen molar-refractivity contribution in [3.8, 4) is 5.75 Å². The van der Waals surface area contributed by atoms with Gasteiger partial charge in [0.2, 0.25) is 0 Å². The van der Waals surface area contributed by atoms with Gasteiger partial charge in [0, 0.05) is 16.5 Å². The van der Waals surface area contributed by atoms with Crippen LogP contribution >= 0.6 is 0 Å². The molecule has 0 aliphatic carbocycles. The Balaban J connectivity index is 2.90. The number of hydrogen-bond acceptors (Lipinski definition) is 3. The summed E-state index contributed by atoms with van der Waals surface area (Å²) < 4.78 is 5.51. The fourth-order valence-corrected chi connectivity index (χ4v) is 1.58. The Morgan fingerprint density at radius 2 is 1.68 bits per heavy atom. The molecule has 0 aliphatic rings. The molecule has 3 heteroatoms. The third-order valence-electron chi connectivity index (χ3n) is 3.77. The fourth-order valence-electron chi connectivity index (χ4n) is 1.58. The van der Waals surface area contributed by atoms with Crippen LogP contribution in [0.25, 0.3) is 0 Å². The smallest absolute Gasteiger partial charge is 0.170 e. The van der Waals surface area contributed by atoms with Crippen LogP contribution < -0.4 is 10.5 Å². The van der Waals surface area contributed by atoms with Crippen LogP contribution in [0.4, 0.5) is 0 Å². The van der Waals surface area contributed by atoms with Gasteiger partial charge in [-0.25, -0.2) is 0 Å². The van der Waals surface area contributed by atoms with E-state index in [-0.39, 0.29) is 5.78 Å². The molecule has 2 N–H and O–H groups in total. The molecule has 0 fully saturated rings. The minimum absolute atomic E-state index is 0.0574. The highest BCUT2D eigenvalue weighted by Crippen LogP contribution is 2.32. The largest absolute Gasteiger partial charge is 0.494 e. The first-order valence-corrected chi connectivity index (χ1v) is 6.76. The maximum atomic E-state index is 12.5. The average Bonchev–Trinajstić information content (AvgIpc) is 2.34. The zero-order valence-corrected chi connectivity index (χ0v) is 12.6. The Morgan fingerprint density at radius 1 is 1.16 bits per heavy atom. The third-order valence-corrected chi connectivity index (χ3v) is 3.77. The first kappa shape index (κ1) is 15.7. The molecule has 0 atom stereocenters. The molecule has 0 amide bonds. The van der Waals surface area contributed by atoms with Crippen molar-refractivity contribution >= 4 is 5.78 Å². The summed E-state index contributed by atoms with van der Waals surface area (Å²) in [7, 11) is 0. The van der Waals surface area contributed by atoms with Crippen molar-refractivity contribution in [2.75, 3.05) is 6.61 Å². The number of nitrogens with two attached hydrogens (primary N) is 1. The molecule has 0 aliphatic heterocycles. The summed E-state index contributed by atoms with van der Waals surface area (Å²) in [6, 6.07) is 7.28. The van der Waals surface area contributed by atoms with Gasteiger partial charge in [0.05, 0.1) is 6.61 Å². The number of ketones is 1. The standard InChI is InChI=1S/C16H25NO2/c1-6-11-19-13-9-7-12(8-10-13)14(18)15(2,3)16(4,5)17/h7-10H,6,11,17H2,1-5H3. The summed E-state index contributed by atoms with van der Waals surface area (Å²) in [5.41, 5.74) is 5.59. The minimum atomic E-state index is -0.612. The molecule has 106 valence electrons. The van der Waals surface area contributed by atoms with Crippen LogP contribution in [0.1, 0.15) is 51.4 Å². The molecule has 1 aromatic carbocycles. The zero-order valence-electron chi connectivity index (χ0n) is 12.6. The van der Waals surface area contributed by atoms with Gasteiger partial charge in [0.25, 0.3) is 0 Å². The quantitative estimate of drug-likeness (QED) is 0.800. The third kappa shape index (κ3) is 3.57. The molecule has 0 saturated heterocycles. The predicted molar refractivity (Wildman–Crippen MR) is 78.6 cm³/mol. The fraction of sp³-hybridized carbons (Fsp3) is 0.562. The van der Waals surface area contributed by atoms with Crippen LogP contribution in [-0.2, 0) is 0 Å². The number of ether oxygens (including phenoxy) is 1. The normalized spacial score (nSPS) is 12.3. The first-order chi connectivity index (χ1) is 8.70. The highest BCUT2D eigenvalue weighted by Gasteiger charge is 2.40. The molecule has 0 spiro atoms. The van der Waals surface area contributed by atoms with Gasteiger partial charge in [-0.2, -0.15) is 0 Å². The molecular weight excluding hydrogens is 238 g/mol. The van der Waals surface area contributed by atoms with Crippen LogP contribution in [0, 0.1) is 5.41 Å². The molecule has 0 aromatic heterocycles. The lowest BCUT2D eigenvalue weighted by Crippen LogP contribution is -2.51. The van der Waals surface area contributed by atoms with Gasteiger partial charge in [-0.3, -0.25) is 4.79 Å². The van der Waals surface area contributed by atoms with Crippen molar-refractivity contribution in [2.45, 2.75) is 46.6 Å². The van der Waals surface area contributed by atoms with Crippen LogP contribution in [-0.4, -0.2) is 17.9 Å². The van der Waals surface area contributed by atoms with Crippen molar-refractivity contribution in [3.05, 3.63) is 29.8 Å². The van der Waals surface area contributed by atoms with Crippen molar-refractivity contribution in [1.29, 1.82) is 0 Å². The Labute approximate surface area is 116 Å². The average molecular weight is 263 g/mol. The SMILES string of the molecule is CCCOc1ccc(C(=O)C(C)(C)C(C)(C)N)cc1. The second-order valence-corrected chi connectivity index (χ2v) is 6.05. The molecule has 0 bridgehead atoms. The van der Waals surface area contributed by atoms with Crippen molar-refractivity contribution in [2.24, 2.45) is 11.1 Å². The van der Waals surface area contributed by atoms with Crippen LogP contribution in [0.5, 0.6) is 5.75 Å². The van der Waals surface area contributed by atoms with E-state index in [1.807, 2.05) is 39.8 Å². The van der Waals surface area contributed by atoms with E-state index in [1.54, 1.807) is 12.1 Å². The first-order valence-electron chi connectivity index (χ1n) is 6.76. The number of carbonyl (C=O) groups is 1. The van der Waals surface area contributed by atoms with Gasteiger partial charge < -0.3 is 10.5 Å². The molecule has 1 rings (SSSR count). The number of carbonyl (C=O) groups excluding carboxylic acids is 1. The van der Waals surface area contributed by atoms with Gasteiger partial charge in [-0.05, 0) is 44.5 Å². The second kappa shape index (κ2) is 5.74. The van der Waals surface area contributed by atoms with E-state index in [9.17, 15) is 4.79 Å². The molecule has 1 aromatic rings. The highest BCUT2D eigenvalue weighted by atomic mass is 16.5. The van der Waals surface area contributed by atoms with Crippen LogP contribution in [0.2, 0.25) is 0 Å². The zero-order chi connectivity index (χ0) is 14.7. The summed E-state index contributed by atoms with van der Waals surface area (Å²) >= 11 is 0. The van der Waals surface area contributed by atoms with E-state index >= 15 is 0 Å². The van der Waals surface area contributed by atoms with Gasteiger partial charge in [0.1, 0.15) is 5.75 Å². The summed E-state index contributed by atoms with van der Waals surface area (Å²) in [5.74, 6) is 0.852. The van der Waals surface area contributed by atoms with Gasteiger partial charge in [0.15, 0.2) is 5.78 Å². The van der Waals surface area contributed by atoms with E-state index in [0.717, 1.165) is 12.2 Å². The lowest BCUT2D eigenvalue weighted by molar-refractivity contribution is 0.0735. The Bertz CT molecular complexity index is 427. The highest BCUT2D eigenvalue weighted by molar-refractivity contribution is 6.01. The molecule has 0 radical (unpaired) electrons. The monoisotopic (exact) mass is 263 g/mol. The topological polar surface area (TPSA) is 52.3 Å². The minimum Gasteiger partial charge on any atom is -0.494 e. The summed E-state index contributed by atoms with van der Waals surface area (Å²) in [4.78, 5) is 12.5. The van der Waals surface area contributed by atoms with Gasteiger partial charge in [-0.1, -0.05) is 20.8 Å². The Hall–Kier alpha value is -1.35. The van der Waals surface area contributed by atoms with Crippen molar-refractivity contribution in [3.63, 3.8) is 0 Å². The van der Waals surface area contributed by atoms with Crippen LogP contribution in [0.15, 0.2) is 24.3 Å². The summed E-state index contributed by atoms with van der Waals surface area (Å²) in [6.07, 6.45) is 0.967. The van der Waals surface area contributed by atoms with E-state index in [0.29, 0.717) is 12.2 Å². The molecule has 0 saturated carbocycles. The summed E-state index contributed by atoms with van der Waals surface area (Å²) in [6.45, 7) is 10.3. The maximum Gasteiger partial charge on any atom is 0.170 e. The second-order valence-electron chi connectivity index (χ2n) is 6.05. The summed E-state index contributed by atoms with van der Waals surface area (Å²) in [5, 5.41) is 0. The number of Topliss-reactive ketones (excluding diaryl/α,β-unsaturated/α-hetero) is 1. The van der Waals surface area contributed by atoms with E-state index in [1.165, 1.54) is 0 Å². The van der Waals surface area contributed by atoms with E-state index < -0.39 is 11.0 Å². The number of rotatable bonds is 6. The molecular formula is C16H25NO2. The van der Waals surface area contributed by atoms with Crippen molar-refractivity contribution in [1.82, 2.24) is 0 Å². The Morgan fingerprint density at radius 3 is 2.11 bits per heavy atom. The molecule has 0 unspecified atom stereocenters. The van der Waals surface area contributed by atoms with Crippen LogP contribution in [0.3, 0.4) is 0 Å².